The van der Waals surface area contributed by atoms with E-state index in [0.717, 1.165) is 35.1 Å². The highest BCUT2D eigenvalue weighted by atomic mass is 19.1. The van der Waals surface area contributed by atoms with E-state index in [1.54, 1.807) is 18.3 Å². The average molecular weight is 281 g/mol. The molecule has 3 N–H and O–H groups in total. The van der Waals surface area contributed by atoms with Crippen molar-refractivity contribution < 1.29 is 4.39 Å². The molecule has 0 amide bonds. The van der Waals surface area contributed by atoms with Gasteiger partial charge in [-0.1, -0.05) is 12.1 Å². The maximum Gasteiger partial charge on any atom is 0.123 e. The normalized spacial score (nSPS) is 10.7. The van der Waals surface area contributed by atoms with E-state index < -0.39 is 0 Å². The Balaban J connectivity index is 1.70. The summed E-state index contributed by atoms with van der Waals surface area (Å²) in [6.45, 7) is 0.738. The minimum Gasteiger partial charge on any atom is -0.397 e. The van der Waals surface area contributed by atoms with Gasteiger partial charge in [-0.25, -0.2) is 4.39 Å². The predicted octanol–water partition coefficient (Wildman–Crippen LogP) is 3.61. The molecule has 0 spiro atoms. The summed E-state index contributed by atoms with van der Waals surface area (Å²) < 4.78 is 12.8. The van der Waals surface area contributed by atoms with Gasteiger partial charge in [-0.3, -0.25) is 4.98 Å². The lowest BCUT2D eigenvalue weighted by Crippen LogP contribution is -2.07. The fourth-order valence-corrected chi connectivity index (χ4v) is 2.32. The van der Waals surface area contributed by atoms with E-state index in [1.165, 1.54) is 12.1 Å². The number of aromatic nitrogens is 1. The molecule has 0 unspecified atom stereocenters. The number of fused-ring (bicyclic) bond motifs is 1. The van der Waals surface area contributed by atoms with E-state index in [1.807, 2.05) is 24.3 Å². The van der Waals surface area contributed by atoms with Crippen LogP contribution in [-0.2, 0) is 6.42 Å². The fourth-order valence-electron chi connectivity index (χ4n) is 2.32. The largest absolute Gasteiger partial charge is 0.397 e. The minimum atomic E-state index is -0.210. The summed E-state index contributed by atoms with van der Waals surface area (Å²) in [5.41, 5.74) is 9.75. The van der Waals surface area contributed by atoms with E-state index in [-0.39, 0.29) is 5.82 Å². The van der Waals surface area contributed by atoms with Crippen LogP contribution >= 0.6 is 0 Å². The van der Waals surface area contributed by atoms with Crippen LogP contribution in [0.4, 0.5) is 15.8 Å². The van der Waals surface area contributed by atoms with Crippen molar-refractivity contribution in [1.82, 2.24) is 4.98 Å². The minimum absolute atomic E-state index is 0.210. The zero-order chi connectivity index (χ0) is 14.7. The van der Waals surface area contributed by atoms with E-state index in [2.05, 4.69) is 10.3 Å². The molecule has 0 fully saturated rings. The first-order valence-corrected chi connectivity index (χ1v) is 6.85. The van der Waals surface area contributed by atoms with E-state index in [0.29, 0.717) is 5.69 Å². The Hall–Kier alpha value is -2.62. The number of halogens is 1. The Morgan fingerprint density at radius 2 is 1.86 bits per heavy atom. The van der Waals surface area contributed by atoms with Crippen molar-refractivity contribution >= 4 is 22.3 Å². The van der Waals surface area contributed by atoms with Crippen molar-refractivity contribution in [1.29, 1.82) is 0 Å². The lowest BCUT2D eigenvalue weighted by Gasteiger charge is -2.11. The lowest BCUT2D eigenvalue weighted by molar-refractivity contribution is 0.627. The second-order valence-corrected chi connectivity index (χ2v) is 4.90. The molecule has 0 bridgehead atoms. The third kappa shape index (κ3) is 2.94. The zero-order valence-corrected chi connectivity index (χ0v) is 11.5. The number of hydrogen-bond acceptors (Lipinski definition) is 3. The van der Waals surface area contributed by atoms with Gasteiger partial charge < -0.3 is 11.1 Å². The maximum atomic E-state index is 12.8. The summed E-state index contributed by atoms with van der Waals surface area (Å²) >= 11 is 0. The van der Waals surface area contributed by atoms with Crippen LogP contribution in [0.1, 0.15) is 5.56 Å². The van der Waals surface area contributed by atoms with Crippen LogP contribution in [0.15, 0.2) is 54.7 Å². The Morgan fingerprint density at radius 3 is 2.67 bits per heavy atom. The fraction of sp³-hybridized carbons (Fsp3) is 0.118. The third-order valence-corrected chi connectivity index (χ3v) is 3.47. The molecule has 21 heavy (non-hydrogen) atoms. The van der Waals surface area contributed by atoms with Crippen molar-refractivity contribution in [2.75, 3.05) is 17.6 Å². The van der Waals surface area contributed by atoms with Crippen molar-refractivity contribution in [2.24, 2.45) is 0 Å². The number of nitrogen functional groups attached to an aromatic ring is 1. The second kappa shape index (κ2) is 5.79. The quantitative estimate of drug-likeness (QED) is 0.718. The molecule has 1 heterocycles. The molecule has 106 valence electrons. The molecule has 2 aromatic carbocycles. The summed E-state index contributed by atoms with van der Waals surface area (Å²) in [5.74, 6) is -0.210. The summed E-state index contributed by atoms with van der Waals surface area (Å²) in [6, 6.07) is 14.3. The molecular weight excluding hydrogens is 265 g/mol. The summed E-state index contributed by atoms with van der Waals surface area (Å²) in [4.78, 5) is 4.28. The first-order chi connectivity index (χ1) is 10.2. The topological polar surface area (TPSA) is 50.9 Å². The molecule has 1 aromatic heterocycles. The molecule has 0 aliphatic heterocycles. The molecular formula is C17H16FN3. The molecule has 0 saturated carbocycles. The van der Waals surface area contributed by atoms with Crippen molar-refractivity contribution in [3.8, 4) is 0 Å². The van der Waals surface area contributed by atoms with Gasteiger partial charge in [-0.05, 0) is 48.4 Å². The van der Waals surface area contributed by atoms with Crippen molar-refractivity contribution in [3.63, 3.8) is 0 Å². The summed E-state index contributed by atoms with van der Waals surface area (Å²) in [6.07, 6.45) is 2.56. The second-order valence-electron chi connectivity index (χ2n) is 4.90. The Bertz CT molecular complexity index is 754. The lowest BCUT2D eigenvalue weighted by atomic mass is 10.1. The number of nitrogens with two attached hydrogens (primary N) is 1. The molecule has 0 saturated heterocycles. The molecule has 3 aromatic rings. The predicted molar refractivity (Wildman–Crippen MR) is 84.7 cm³/mol. The SMILES string of the molecule is Nc1c(NCCc2ccc(F)cc2)ccc2ncccc12. The monoisotopic (exact) mass is 281 g/mol. The number of nitrogens with one attached hydrogen (secondary N) is 1. The van der Waals surface area contributed by atoms with Crippen LogP contribution in [0.5, 0.6) is 0 Å². The average Bonchev–Trinajstić information content (AvgIpc) is 2.52. The number of nitrogens with zero attached hydrogens (tertiary/aromatic N) is 1. The number of hydrogen-bond donors (Lipinski definition) is 2. The van der Waals surface area contributed by atoms with Crippen LogP contribution in [-0.4, -0.2) is 11.5 Å². The first-order valence-electron chi connectivity index (χ1n) is 6.85. The molecule has 4 heteroatoms. The molecule has 0 radical (unpaired) electrons. The van der Waals surface area contributed by atoms with Gasteiger partial charge in [0.2, 0.25) is 0 Å². The van der Waals surface area contributed by atoms with Crippen LogP contribution < -0.4 is 11.1 Å². The third-order valence-electron chi connectivity index (χ3n) is 3.47. The Morgan fingerprint density at radius 1 is 1.05 bits per heavy atom. The maximum absolute atomic E-state index is 12.8. The Kier molecular flexibility index (Phi) is 3.69. The van der Waals surface area contributed by atoms with E-state index in [9.17, 15) is 4.39 Å². The van der Waals surface area contributed by atoms with E-state index >= 15 is 0 Å². The van der Waals surface area contributed by atoms with Crippen LogP contribution in [0.3, 0.4) is 0 Å². The van der Waals surface area contributed by atoms with E-state index in [4.69, 9.17) is 5.73 Å². The molecule has 3 nitrogen and oxygen atoms in total. The van der Waals surface area contributed by atoms with Gasteiger partial charge in [0.25, 0.3) is 0 Å². The highest BCUT2D eigenvalue weighted by molar-refractivity contribution is 5.96. The molecule has 0 atom stereocenters. The van der Waals surface area contributed by atoms with Gasteiger partial charge in [-0.15, -0.1) is 0 Å². The van der Waals surface area contributed by atoms with Gasteiger partial charge in [0, 0.05) is 18.1 Å². The Labute approximate surface area is 122 Å². The van der Waals surface area contributed by atoms with Crippen molar-refractivity contribution in [3.05, 3.63) is 66.1 Å². The highest BCUT2D eigenvalue weighted by Crippen LogP contribution is 2.27. The van der Waals surface area contributed by atoms with Gasteiger partial charge in [0.15, 0.2) is 0 Å². The zero-order valence-electron chi connectivity index (χ0n) is 11.5. The summed E-state index contributed by atoms with van der Waals surface area (Å²) in [7, 11) is 0. The van der Waals surface area contributed by atoms with Gasteiger partial charge in [0.05, 0.1) is 16.9 Å². The van der Waals surface area contributed by atoms with Gasteiger partial charge >= 0.3 is 0 Å². The van der Waals surface area contributed by atoms with Gasteiger partial charge in [0.1, 0.15) is 5.82 Å². The van der Waals surface area contributed by atoms with Gasteiger partial charge in [-0.2, -0.15) is 0 Å². The van der Waals surface area contributed by atoms with Crippen LogP contribution in [0.25, 0.3) is 10.9 Å². The van der Waals surface area contributed by atoms with Crippen molar-refractivity contribution in [2.45, 2.75) is 6.42 Å². The number of anilines is 2. The standard InChI is InChI=1S/C17H16FN3/c18-13-5-3-12(4-6-13)9-11-21-16-8-7-15-14(17(16)19)2-1-10-20-15/h1-8,10,21H,9,11,19H2. The molecule has 0 aliphatic carbocycles. The summed E-state index contributed by atoms with van der Waals surface area (Å²) in [5, 5.41) is 4.27. The molecule has 0 aliphatic rings. The first kappa shape index (κ1) is 13.4. The highest BCUT2D eigenvalue weighted by Gasteiger charge is 2.04. The van der Waals surface area contributed by atoms with Crippen LogP contribution in [0.2, 0.25) is 0 Å². The number of pyridine rings is 1. The number of benzene rings is 2. The smallest absolute Gasteiger partial charge is 0.123 e. The molecule has 3 rings (SSSR count). The van der Waals surface area contributed by atoms with Crippen LogP contribution in [0, 0.1) is 5.82 Å². The number of rotatable bonds is 4.